The molecule has 0 spiro atoms. The van der Waals surface area contributed by atoms with Gasteiger partial charge in [-0.25, -0.2) is 8.42 Å². The van der Waals surface area contributed by atoms with Crippen LogP contribution in [0.25, 0.3) is 0 Å². The van der Waals surface area contributed by atoms with E-state index in [2.05, 4.69) is 28.8 Å². The molecule has 1 saturated heterocycles. The maximum absolute atomic E-state index is 12.6. The van der Waals surface area contributed by atoms with E-state index in [1.54, 1.807) is 45.0 Å². The van der Waals surface area contributed by atoms with Crippen molar-refractivity contribution in [1.82, 2.24) is 0 Å². The highest BCUT2D eigenvalue weighted by Gasteiger charge is 2.29. The van der Waals surface area contributed by atoms with Crippen LogP contribution in [0.2, 0.25) is 0 Å². The fraction of sp³-hybridized carbons (Fsp3) is 0.458. The van der Waals surface area contributed by atoms with Crippen LogP contribution < -0.4 is 14.9 Å². The van der Waals surface area contributed by atoms with Crippen molar-refractivity contribution in [3.63, 3.8) is 0 Å². The minimum Gasteiger partial charge on any atom is -0.374 e. The molecule has 0 bridgehead atoms. The Labute approximate surface area is 191 Å². The van der Waals surface area contributed by atoms with E-state index in [-0.39, 0.29) is 12.0 Å². The molecule has 7 nitrogen and oxygen atoms in total. The van der Waals surface area contributed by atoms with Crippen molar-refractivity contribution in [2.24, 2.45) is 5.92 Å². The summed E-state index contributed by atoms with van der Waals surface area (Å²) >= 11 is 0. The molecule has 0 aromatic heterocycles. The molecule has 1 atom stereocenters. The zero-order chi connectivity index (χ0) is 23.5. The number of amides is 1. The zero-order valence-corrected chi connectivity index (χ0v) is 20.2. The zero-order valence-electron chi connectivity index (χ0n) is 19.4. The normalized spacial score (nSPS) is 17.3. The van der Waals surface area contributed by atoms with Crippen LogP contribution in [-0.4, -0.2) is 44.9 Å². The van der Waals surface area contributed by atoms with Gasteiger partial charge >= 0.3 is 0 Å². The van der Waals surface area contributed by atoms with Crippen molar-refractivity contribution in [1.29, 1.82) is 0 Å². The third-order valence-corrected chi connectivity index (χ3v) is 7.65. The topological polar surface area (TPSA) is 87.7 Å². The second kappa shape index (κ2) is 9.50. The molecule has 0 radical (unpaired) electrons. The van der Waals surface area contributed by atoms with Crippen molar-refractivity contribution < 1.29 is 17.9 Å². The molecule has 1 heterocycles. The molecule has 2 N–H and O–H groups in total. The molecule has 0 aliphatic carbocycles. The first-order valence-corrected chi connectivity index (χ1v) is 12.3. The fourth-order valence-corrected chi connectivity index (χ4v) is 4.02. The number of hydrogen-bond donors (Lipinski definition) is 2. The van der Waals surface area contributed by atoms with Crippen molar-refractivity contribution in [3.8, 4) is 0 Å². The number of carbonyl (C=O) groups is 1. The predicted molar refractivity (Wildman–Crippen MR) is 130 cm³/mol. The molecule has 1 aliphatic heterocycles. The predicted octanol–water partition coefficient (Wildman–Crippen LogP) is 4.34. The third-order valence-electron chi connectivity index (χ3n) is 5.53. The second-order valence-corrected chi connectivity index (χ2v) is 11.8. The molecule has 1 amide bonds. The monoisotopic (exact) mass is 459 g/mol. The van der Waals surface area contributed by atoms with Crippen LogP contribution >= 0.6 is 0 Å². The van der Waals surface area contributed by atoms with Crippen molar-refractivity contribution in [2.75, 3.05) is 34.6 Å². The number of benzene rings is 2. The summed E-state index contributed by atoms with van der Waals surface area (Å²) in [6.45, 7) is 11.6. The number of sulfonamides is 1. The van der Waals surface area contributed by atoms with E-state index in [0.717, 1.165) is 18.8 Å². The largest absolute Gasteiger partial charge is 0.374 e. The van der Waals surface area contributed by atoms with Gasteiger partial charge in [0.15, 0.2) is 0 Å². The van der Waals surface area contributed by atoms with Gasteiger partial charge in [-0.3, -0.25) is 9.52 Å². The summed E-state index contributed by atoms with van der Waals surface area (Å²) in [5, 5.41) is 2.89. The van der Waals surface area contributed by atoms with Crippen LogP contribution in [0.4, 0.5) is 17.1 Å². The first-order chi connectivity index (χ1) is 15.0. The highest BCUT2D eigenvalue weighted by molar-refractivity contribution is 7.94. The van der Waals surface area contributed by atoms with E-state index in [0.29, 0.717) is 29.5 Å². The summed E-state index contributed by atoms with van der Waals surface area (Å²) in [4.78, 5) is 14.9. The number of morpholine rings is 1. The SMILES string of the molecule is CC(C)C1CN(c2ccc(NC(=O)c3ccc(NS(=O)(=O)C(C)(C)C)cc3)cc2)CCO1. The van der Waals surface area contributed by atoms with Crippen LogP contribution in [0, 0.1) is 5.92 Å². The highest BCUT2D eigenvalue weighted by atomic mass is 32.2. The van der Waals surface area contributed by atoms with E-state index < -0.39 is 14.8 Å². The third kappa shape index (κ3) is 5.81. The smallest absolute Gasteiger partial charge is 0.255 e. The molecular formula is C24H33N3O4S. The maximum atomic E-state index is 12.6. The van der Waals surface area contributed by atoms with Gasteiger partial charge in [-0.1, -0.05) is 13.8 Å². The number of rotatable bonds is 6. The molecule has 1 aliphatic rings. The van der Waals surface area contributed by atoms with Gasteiger partial charge in [0.05, 0.1) is 17.5 Å². The van der Waals surface area contributed by atoms with E-state index >= 15 is 0 Å². The molecule has 3 rings (SSSR count). The Kier molecular flexibility index (Phi) is 7.15. The van der Waals surface area contributed by atoms with E-state index in [1.807, 2.05) is 24.3 Å². The Hall–Kier alpha value is -2.58. The molecular weight excluding hydrogens is 426 g/mol. The lowest BCUT2D eigenvalue weighted by Crippen LogP contribution is -2.44. The first kappa shape index (κ1) is 24.1. The van der Waals surface area contributed by atoms with E-state index in [9.17, 15) is 13.2 Å². The molecule has 8 heteroatoms. The molecule has 1 unspecified atom stereocenters. The number of hydrogen-bond acceptors (Lipinski definition) is 5. The van der Waals surface area contributed by atoms with Crippen LogP contribution in [0.1, 0.15) is 45.0 Å². The average Bonchev–Trinajstić information content (AvgIpc) is 2.74. The lowest BCUT2D eigenvalue weighted by atomic mass is 10.1. The van der Waals surface area contributed by atoms with Crippen LogP contribution in [0.5, 0.6) is 0 Å². The van der Waals surface area contributed by atoms with Gasteiger partial charge in [0, 0.05) is 35.7 Å². The Bertz CT molecular complexity index is 1030. The summed E-state index contributed by atoms with van der Waals surface area (Å²) in [5.41, 5.74) is 2.67. The van der Waals surface area contributed by atoms with Crippen LogP contribution in [0.3, 0.4) is 0 Å². The quantitative estimate of drug-likeness (QED) is 0.671. The maximum Gasteiger partial charge on any atom is 0.255 e. The molecule has 2 aromatic rings. The number of carbonyl (C=O) groups excluding carboxylic acids is 1. The Balaban J connectivity index is 1.61. The number of nitrogens with zero attached hydrogens (tertiary/aromatic N) is 1. The molecule has 174 valence electrons. The van der Waals surface area contributed by atoms with Crippen LogP contribution in [0.15, 0.2) is 48.5 Å². The van der Waals surface area contributed by atoms with Crippen molar-refractivity contribution in [2.45, 2.75) is 45.5 Å². The summed E-state index contributed by atoms with van der Waals surface area (Å²) in [6.07, 6.45) is 0.221. The van der Waals surface area contributed by atoms with Gasteiger partial charge in [-0.05, 0) is 75.2 Å². The minimum atomic E-state index is -3.52. The van der Waals surface area contributed by atoms with Gasteiger partial charge in [0.25, 0.3) is 5.91 Å². The fourth-order valence-electron chi connectivity index (χ4n) is 3.27. The minimum absolute atomic E-state index is 0.221. The van der Waals surface area contributed by atoms with Crippen molar-refractivity contribution >= 4 is 33.0 Å². The lowest BCUT2D eigenvalue weighted by Gasteiger charge is -2.36. The summed E-state index contributed by atoms with van der Waals surface area (Å²) in [5.74, 6) is 0.209. The molecule has 32 heavy (non-hydrogen) atoms. The standard InChI is InChI=1S/C24H33N3O4S/c1-17(2)22-16-27(14-15-31-22)21-12-10-19(11-13-21)25-23(28)18-6-8-20(9-7-18)26-32(29,30)24(3,4)5/h6-13,17,22,26H,14-16H2,1-5H3,(H,25,28). The molecule has 2 aromatic carbocycles. The summed E-state index contributed by atoms with van der Waals surface area (Å²) in [6, 6.07) is 14.2. The second-order valence-electron chi connectivity index (χ2n) is 9.40. The molecule has 0 saturated carbocycles. The van der Waals surface area contributed by atoms with Gasteiger partial charge in [0.2, 0.25) is 10.0 Å². The summed E-state index contributed by atoms with van der Waals surface area (Å²) < 4.78 is 32.0. The van der Waals surface area contributed by atoms with Gasteiger partial charge < -0.3 is 15.0 Å². The van der Waals surface area contributed by atoms with Gasteiger partial charge in [-0.2, -0.15) is 0 Å². The van der Waals surface area contributed by atoms with Crippen molar-refractivity contribution in [3.05, 3.63) is 54.1 Å². The lowest BCUT2D eigenvalue weighted by molar-refractivity contribution is 0.0114. The number of ether oxygens (including phenoxy) is 1. The van der Waals surface area contributed by atoms with Crippen LogP contribution in [-0.2, 0) is 14.8 Å². The Morgan fingerprint density at radius 3 is 2.19 bits per heavy atom. The molecule has 1 fully saturated rings. The Morgan fingerprint density at radius 1 is 1.03 bits per heavy atom. The van der Waals surface area contributed by atoms with E-state index in [4.69, 9.17) is 4.74 Å². The number of anilines is 3. The summed E-state index contributed by atoms with van der Waals surface area (Å²) in [7, 11) is -3.52. The van der Waals surface area contributed by atoms with Gasteiger partial charge in [0.1, 0.15) is 0 Å². The van der Waals surface area contributed by atoms with E-state index in [1.165, 1.54) is 0 Å². The van der Waals surface area contributed by atoms with Gasteiger partial charge in [-0.15, -0.1) is 0 Å². The highest BCUT2D eigenvalue weighted by Crippen LogP contribution is 2.23. The Morgan fingerprint density at radius 2 is 1.62 bits per heavy atom. The number of nitrogens with one attached hydrogen (secondary N) is 2. The first-order valence-electron chi connectivity index (χ1n) is 10.9. The average molecular weight is 460 g/mol.